The highest BCUT2D eigenvalue weighted by molar-refractivity contribution is 7.07. The van der Waals surface area contributed by atoms with Crippen LogP contribution >= 0.6 is 11.3 Å². The Morgan fingerprint density at radius 1 is 0.938 bits per heavy atom. The minimum absolute atomic E-state index is 0.237. The van der Waals surface area contributed by atoms with E-state index < -0.39 is 18.0 Å². The van der Waals surface area contributed by atoms with Crippen molar-refractivity contribution in [3.8, 4) is 22.7 Å². The number of hydrogen-bond donors (Lipinski definition) is 0. The third kappa shape index (κ3) is 6.37. The number of rotatable bonds is 10. The van der Waals surface area contributed by atoms with Crippen LogP contribution in [0.1, 0.15) is 54.2 Å². The molecule has 0 fully saturated rings. The molecule has 1 aliphatic rings. The number of ether oxygens (including phenoxy) is 3. The van der Waals surface area contributed by atoms with Gasteiger partial charge in [-0.3, -0.25) is 9.36 Å². The van der Waals surface area contributed by atoms with Gasteiger partial charge < -0.3 is 14.2 Å². The van der Waals surface area contributed by atoms with Gasteiger partial charge in [-0.1, -0.05) is 55.0 Å². The molecule has 3 heterocycles. The van der Waals surface area contributed by atoms with Gasteiger partial charge in [0.25, 0.3) is 5.56 Å². The Bertz CT molecular complexity index is 2180. The summed E-state index contributed by atoms with van der Waals surface area (Å²) in [6.07, 6.45) is 5.73. The summed E-state index contributed by atoms with van der Waals surface area (Å²) in [6, 6.07) is 23.3. The van der Waals surface area contributed by atoms with Gasteiger partial charge in [-0.15, -0.1) is 0 Å². The highest BCUT2D eigenvalue weighted by Crippen LogP contribution is 2.31. The van der Waals surface area contributed by atoms with E-state index in [1.807, 2.05) is 66.9 Å². The Morgan fingerprint density at radius 3 is 2.31 bits per heavy atom. The van der Waals surface area contributed by atoms with Crippen molar-refractivity contribution in [2.75, 3.05) is 20.8 Å². The van der Waals surface area contributed by atoms with E-state index in [-0.39, 0.29) is 11.1 Å². The Balaban J connectivity index is 1.49. The van der Waals surface area contributed by atoms with Crippen LogP contribution in [-0.4, -0.2) is 47.1 Å². The van der Waals surface area contributed by atoms with Gasteiger partial charge in [-0.05, 0) is 73.5 Å². The highest BCUT2D eigenvalue weighted by Gasteiger charge is 2.33. The predicted octanol–water partition coefficient (Wildman–Crippen LogP) is 5.23. The van der Waals surface area contributed by atoms with Crippen LogP contribution in [0.2, 0.25) is 0 Å². The number of aromatic nitrogens is 3. The molecule has 0 amide bonds. The summed E-state index contributed by atoms with van der Waals surface area (Å²) in [5, 5.41) is 4.92. The molecule has 6 rings (SSSR count). The monoisotopic (exact) mass is 662 g/mol. The van der Waals surface area contributed by atoms with Crippen molar-refractivity contribution in [1.82, 2.24) is 14.3 Å². The van der Waals surface area contributed by atoms with Crippen LogP contribution in [0.3, 0.4) is 0 Å². The fourth-order valence-electron chi connectivity index (χ4n) is 5.54. The number of carbonyl (C=O) groups excluding carboxylic acids is 2. The minimum Gasteiger partial charge on any atom is -0.494 e. The number of unbranched alkanes of at least 4 members (excludes halogenated alkanes) is 1. The molecule has 2 aromatic heterocycles. The maximum absolute atomic E-state index is 14.3. The first kappa shape index (κ1) is 32.4. The van der Waals surface area contributed by atoms with E-state index in [4.69, 9.17) is 19.3 Å². The van der Waals surface area contributed by atoms with Crippen LogP contribution in [-0.2, 0) is 14.3 Å². The zero-order chi connectivity index (χ0) is 33.8. The van der Waals surface area contributed by atoms with Gasteiger partial charge in [0.15, 0.2) is 4.80 Å². The van der Waals surface area contributed by atoms with Crippen LogP contribution in [0.5, 0.6) is 5.75 Å². The number of nitrogens with zero attached hydrogens (tertiary/aromatic N) is 4. The molecule has 244 valence electrons. The first-order chi connectivity index (χ1) is 23.3. The number of hydrogen-bond acceptors (Lipinski definition) is 9. The summed E-state index contributed by atoms with van der Waals surface area (Å²) >= 11 is 1.23. The average molecular weight is 663 g/mol. The molecule has 0 N–H and O–H groups in total. The van der Waals surface area contributed by atoms with Crippen molar-refractivity contribution in [3.63, 3.8) is 0 Å². The minimum atomic E-state index is -0.825. The molecule has 0 saturated heterocycles. The lowest BCUT2D eigenvalue weighted by atomic mass is 9.95. The second-order valence-electron chi connectivity index (χ2n) is 11.1. The summed E-state index contributed by atoms with van der Waals surface area (Å²) < 4.78 is 19.5. The van der Waals surface area contributed by atoms with Crippen LogP contribution in [0.15, 0.2) is 106 Å². The van der Waals surface area contributed by atoms with Crippen LogP contribution < -0.4 is 19.6 Å². The molecule has 0 radical (unpaired) electrons. The molecule has 3 aromatic carbocycles. The quantitative estimate of drug-likeness (QED) is 0.149. The molecule has 0 aliphatic carbocycles. The summed E-state index contributed by atoms with van der Waals surface area (Å²) in [4.78, 5) is 44.6. The van der Waals surface area contributed by atoms with Gasteiger partial charge >= 0.3 is 11.9 Å². The molecular weight excluding hydrogens is 628 g/mol. The normalized spacial score (nSPS) is 14.3. The number of fused-ring (bicyclic) bond motifs is 1. The van der Waals surface area contributed by atoms with Crippen molar-refractivity contribution < 1.29 is 23.8 Å². The lowest BCUT2D eigenvalue weighted by Crippen LogP contribution is -2.39. The van der Waals surface area contributed by atoms with E-state index in [9.17, 15) is 14.4 Å². The Hall–Kier alpha value is -5.55. The van der Waals surface area contributed by atoms with Crippen molar-refractivity contribution in [3.05, 3.63) is 133 Å². The molecule has 11 heteroatoms. The van der Waals surface area contributed by atoms with Gasteiger partial charge in [0, 0.05) is 17.3 Å². The fraction of sp³-hybridized carbons (Fsp3) is 0.216. The SMILES string of the molecule is CCCCOc1ccc(-c2nn(-c3ccccc3)cc2C=c2sc3n(c2=O)C(c2ccc(C(=O)OC)cc2)C(C(=O)OC)=C(C)N=3)cc1. The molecule has 0 saturated carbocycles. The first-order valence-electron chi connectivity index (χ1n) is 15.5. The second kappa shape index (κ2) is 14.1. The number of thiazole rings is 1. The number of esters is 2. The number of carbonyl (C=O) groups is 2. The maximum Gasteiger partial charge on any atom is 0.338 e. The smallest absolute Gasteiger partial charge is 0.338 e. The van der Waals surface area contributed by atoms with Crippen molar-refractivity contribution in [2.24, 2.45) is 4.99 Å². The highest BCUT2D eigenvalue weighted by atomic mass is 32.1. The standard InChI is InChI=1S/C37H34N4O6S/c1-5-6-20-47-29-18-16-24(17-19-29)32-27(22-40(39-32)28-10-8-7-9-11-28)21-30-34(42)41-33(25-12-14-26(15-13-25)35(43)45-3)31(36(44)46-4)23(2)38-37(41)48-30/h7-19,21-22,33H,5-6,20H2,1-4H3. The van der Waals surface area contributed by atoms with Gasteiger partial charge in [-0.25, -0.2) is 19.3 Å². The van der Waals surface area contributed by atoms with E-state index in [0.29, 0.717) is 38.5 Å². The van der Waals surface area contributed by atoms with E-state index in [1.54, 1.807) is 35.9 Å². The number of para-hydroxylation sites is 1. The Labute approximate surface area is 280 Å². The third-order valence-electron chi connectivity index (χ3n) is 8.02. The van der Waals surface area contributed by atoms with Crippen molar-refractivity contribution in [2.45, 2.75) is 32.7 Å². The molecule has 1 aliphatic heterocycles. The largest absolute Gasteiger partial charge is 0.494 e. The number of benzene rings is 3. The van der Waals surface area contributed by atoms with Gasteiger partial charge in [0.1, 0.15) is 11.4 Å². The summed E-state index contributed by atoms with van der Waals surface area (Å²) in [7, 11) is 2.60. The first-order valence-corrected chi connectivity index (χ1v) is 16.3. The van der Waals surface area contributed by atoms with E-state index >= 15 is 0 Å². The second-order valence-corrected chi connectivity index (χ2v) is 12.1. The molecule has 0 bridgehead atoms. The zero-order valence-corrected chi connectivity index (χ0v) is 27.8. The average Bonchev–Trinajstić information content (AvgIpc) is 3.68. The van der Waals surface area contributed by atoms with Crippen molar-refractivity contribution >= 4 is 29.4 Å². The number of allylic oxidation sites excluding steroid dienone is 1. The van der Waals surface area contributed by atoms with E-state index in [2.05, 4.69) is 11.9 Å². The summed E-state index contributed by atoms with van der Waals surface area (Å²) in [5.41, 5.74) is 4.45. The lowest BCUT2D eigenvalue weighted by molar-refractivity contribution is -0.136. The van der Waals surface area contributed by atoms with Crippen LogP contribution in [0.4, 0.5) is 0 Å². The van der Waals surface area contributed by atoms with Gasteiger partial charge in [-0.2, -0.15) is 5.10 Å². The van der Waals surface area contributed by atoms with Gasteiger partial charge in [0.2, 0.25) is 0 Å². The Morgan fingerprint density at radius 2 is 1.65 bits per heavy atom. The summed E-state index contributed by atoms with van der Waals surface area (Å²) in [5.74, 6) is -0.307. The molecular formula is C37H34N4O6S. The van der Waals surface area contributed by atoms with Gasteiger partial charge in [0.05, 0.1) is 53.9 Å². The van der Waals surface area contributed by atoms with E-state index in [0.717, 1.165) is 35.4 Å². The van der Waals surface area contributed by atoms with E-state index in [1.165, 1.54) is 30.1 Å². The Kier molecular flexibility index (Phi) is 9.49. The number of methoxy groups -OCH3 is 2. The summed E-state index contributed by atoms with van der Waals surface area (Å²) in [6.45, 7) is 4.49. The van der Waals surface area contributed by atoms with Crippen molar-refractivity contribution in [1.29, 1.82) is 0 Å². The lowest BCUT2D eigenvalue weighted by Gasteiger charge is -2.24. The van der Waals surface area contributed by atoms with Crippen LogP contribution in [0.25, 0.3) is 23.0 Å². The molecule has 10 nitrogen and oxygen atoms in total. The molecule has 0 spiro atoms. The molecule has 5 aromatic rings. The molecule has 1 unspecified atom stereocenters. The van der Waals surface area contributed by atoms with Crippen LogP contribution in [0, 0.1) is 0 Å². The fourth-order valence-corrected chi connectivity index (χ4v) is 6.58. The topological polar surface area (TPSA) is 114 Å². The molecule has 48 heavy (non-hydrogen) atoms. The zero-order valence-electron chi connectivity index (χ0n) is 27.0. The molecule has 1 atom stereocenters. The third-order valence-corrected chi connectivity index (χ3v) is 9.00. The predicted molar refractivity (Wildman–Crippen MR) is 183 cm³/mol. The maximum atomic E-state index is 14.3.